The lowest BCUT2D eigenvalue weighted by Gasteiger charge is -2.35. The number of H-pyrrole nitrogens is 1. The smallest absolute Gasteiger partial charge is 0.410 e. The molecule has 0 unspecified atom stereocenters. The van der Waals surface area contributed by atoms with Gasteiger partial charge in [0.25, 0.3) is 0 Å². The van der Waals surface area contributed by atoms with E-state index in [1.165, 1.54) is 5.56 Å². The summed E-state index contributed by atoms with van der Waals surface area (Å²) in [6, 6.07) is 8.43. The predicted octanol–water partition coefficient (Wildman–Crippen LogP) is 3.82. The lowest BCUT2D eigenvalue weighted by Crippen LogP contribution is -2.49. The van der Waals surface area contributed by atoms with Crippen molar-refractivity contribution in [3.63, 3.8) is 0 Å². The summed E-state index contributed by atoms with van der Waals surface area (Å²) in [7, 11) is 0. The number of carbonyl (C=O) groups excluding carboxylic acids is 1. The maximum absolute atomic E-state index is 12.2. The summed E-state index contributed by atoms with van der Waals surface area (Å²) in [5, 5.41) is 7.43. The number of aromatic nitrogens is 3. The number of hydrogen-bond acceptors (Lipinski definition) is 5. The first-order chi connectivity index (χ1) is 13.5. The van der Waals surface area contributed by atoms with Crippen LogP contribution in [-0.2, 0) is 16.7 Å². The molecule has 0 saturated carbocycles. The molecule has 0 atom stereocenters. The highest BCUT2D eigenvalue weighted by atomic mass is 16.6. The number of carbonyl (C=O) groups is 1. The summed E-state index contributed by atoms with van der Waals surface area (Å²) >= 11 is 0. The SMILES string of the molecule is CC(C)(C)OC(=O)N1CCN(Cc2nc(-c3ccc(C(C)(C)C)cc3)n[nH]2)CC1. The van der Waals surface area contributed by atoms with E-state index in [0.717, 1.165) is 24.5 Å². The molecule has 0 radical (unpaired) electrons. The maximum atomic E-state index is 12.2. The van der Waals surface area contributed by atoms with Gasteiger partial charge in [-0.3, -0.25) is 10.00 Å². The Morgan fingerprint density at radius 1 is 1.03 bits per heavy atom. The van der Waals surface area contributed by atoms with Gasteiger partial charge in [-0.2, -0.15) is 5.10 Å². The number of aromatic amines is 1. The normalized spacial score (nSPS) is 16.1. The van der Waals surface area contributed by atoms with Crippen LogP contribution >= 0.6 is 0 Å². The van der Waals surface area contributed by atoms with Gasteiger partial charge in [0, 0.05) is 31.7 Å². The monoisotopic (exact) mass is 399 g/mol. The van der Waals surface area contributed by atoms with Crippen molar-refractivity contribution in [1.82, 2.24) is 25.0 Å². The van der Waals surface area contributed by atoms with Crippen LogP contribution in [0.15, 0.2) is 24.3 Å². The van der Waals surface area contributed by atoms with Crippen LogP contribution in [0.3, 0.4) is 0 Å². The number of hydrogen-bond donors (Lipinski definition) is 1. The standard InChI is InChI=1S/C22H33N5O2/c1-21(2,3)17-9-7-16(8-10-17)19-23-18(24-25-19)15-26-11-13-27(14-12-26)20(28)29-22(4,5)6/h7-10H,11-15H2,1-6H3,(H,23,24,25). The lowest BCUT2D eigenvalue weighted by atomic mass is 9.87. The van der Waals surface area contributed by atoms with Crippen molar-refractivity contribution < 1.29 is 9.53 Å². The van der Waals surface area contributed by atoms with Gasteiger partial charge in [0.2, 0.25) is 0 Å². The molecule has 7 nitrogen and oxygen atoms in total. The molecule has 1 aromatic carbocycles. The highest BCUT2D eigenvalue weighted by Gasteiger charge is 2.26. The van der Waals surface area contributed by atoms with E-state index in [-0.39, 0.29) is 11.5 Å². The molecule has 1 saturated heterocycles. The van der Waals surface area contributed by atoms with Gasteiger partial charge < -0.3 is 9.64 Å². The minimum absolute atomic E-state index is 0.129. The van der Waals surface area contributed by atoms with E-state index in [4.69, 9.17) is 4.74 Å². The first-order valence-electron chi connectivity index (χ1n) is 10.2. The van der Waals surface area contributed by atoms with Gasteiger partial charge in [0.05, 0.1) is 6.54 Å². The highest BCUT2D eigenvalue weighted by molar-refractivity contribution is 5.68. The van der Waals surface area contributed by atoms with Crippen LogP contribution in [0, 0.1) is 0 Å². The van der Waals surface area contributed by atoms with Crippen LogP contribution in [0.5, 0.6) is 0 Å². The molecular formula is C22H33N5O2. The van der Waals surface area contributed by atoms with Crippen LogP contribution in [-0.4, -0.2) is 62.9 Å². The molecule has 0 bridgehead atoms. The minimum atomic E-state index is -0.463. The molecule has 158 valence electrons. The average Bonchev–Trinajstić information content (AvgIpc) is 3.09. The molecule has 1 aromatic heterocycles. The zero-order valence-corrected chi connectivity index (χ0v) is 18.5. The van der Waals surface area contributed by atoms with E-state index < -0.39 is 5.60 Å². The molecule has 1 aliphatic heterocycles. The van der Waals surface area contributed by atoms with Gasteiger partial charge in [-0.15, -0.1) is 0 Å². The fraction of sp³-hybridized carbons (Fsp3) is 0.591. The molecule has 1 fully saturated rings. The van der Waals surface area contributed by atoms with Crippen molar-refractivity contribution in [3.05, 3.63) is 35.7 Å². The molecular weight excluding hydrogens is 366 g/mol. The second kappa shape index (κ2) is 8.14. The Labute approximate surface area is 173 Å². The number of rotatable bonds is 3. The number of nitrogens with zero attached hydrogens (tertiary/aromatic N) is 4. The third kappa shape index (κ3) is 5.79. The molecule has 1 N–H and O–H groups in total. The Kier molecular flexibility index (Phi) is 5.98. The van der Waals surface area contributed by atoms with Gasteiger partial charge in [-0.05, 0) is 31.7 Å². The second-order valence-electron chi connectivity index (χ2n) is 9.68. The van der Waals surface area contributed by atoms with E-state index in [1.54, 1.807) is 4.90 Å². The molecule has 1 amide bonds. The predicted molar refractivity (Wildman–Crippen MR) is 114 cm³/mol. The molecule has 1 aliphatic rings. The van der Waals surface area contributed by atoms with E-state index >= 15 is 0 Å². The fourth-order valence-electron chi connectivity index (χ4n) is 3.24. The first-order valence-corrected chi connectivity index (χ1v) is 10.2. The van der Waals surface area contributed by atoms with Gasteiger partial charge >= 0.3 is 6.09 Å². The third-order valence-electron chi connectivity index (χ3n) is 4.94. The summed E-state index contributed by atoms with van der Waals surface area (Å²) < 4.78 is 5.45. The van der Waals surface area contributed by atoms with Gasteiger partial charge in [-0.25, -0.2) is 9.78 Å². The zero-order chi connectivity index (χ0) is 21.2. The van der Waals surface area contributed by atoms with Crippen molar-refractivity contribution in [2.24, 2.45) is 0 Å². The van der Waals surface area contributed by atoms with Gasteiger partial charge in [0.1, 0.15) is 11.4 Å². The Hall–Kier alpha value is -2.41. The van der Waals surface area contributed by atoms with Crippen molar-refractivity contribution in [2.45, 2.75) is 59.1 Å². The Balaban J connectivity index is 1.54. The summed E-state index contributed by atoms with van der Waals surface area (Å²) in [6.07, 6.45) is -0.238. The molecule has 2 heterocycles. The largest absolute Gasteiger partial charge is 0.444 e. The average molecular weight is 400 g/mol. The van der Waals surface area contributed by atoms with Crippen molar-refractivity contribution >= 4 is 6.09 Å². The summed E-state index contributed by atoms with van der Waals surface area (Å²) in [5.74, 6) is 1.55. The molecule has 29 heavy (non-hydrogen) atoms. The summed E-state index contributed by atoms with van der Waals surface area (Å²) in [5.41, 5.74) is 1.97. The second-order valence-corrected chi connectivity index (χ2v) is 9.68. The minimum Gasteiger partial charge on any atom is -0.444 e. The molecule has 2 aromatic rings. The van der Waals surface area contributed by atoms with Crippen molar-refractivity contribution in [2.75, 3.05) is 26.2 Å². The quantitative estimate of drug-likeness (QED) is 0.849. The first kappa shape index (κ1) is 21.3. The Morgan fingerprint density at radius 2 is 1.66 bits per heavy atom. The molecule has 0 spiro atoms. The molecule has 3 rings (SSSR count). The molecule has 7 heteroatoms. The fourth-order valence-corrected chi connectivity index (χ4v) is 3.24. The van der Waals surface area contributed by atoms with Gasteiger partial charge in [0.15, 0.2) is 5.82 Å². The number of ether oxygens (including phenoxy) is 1. The van der Waals surface area contributed by atoms with Crippen LogP contribution in [0.2, 0.25) is 0 Å². The van der Waals surface area contributed by atoms with Gasteiger partial charge in [-0.1, -0.05) is 45.0 Å². The number of benzene rings is 1. The van der Waals surface area contributed by atoms with E-state index in [0.29, 0.717) is 25.5 Å². The number of amides is 1. The van der Waals surface area contributed by atoms with E-state index in [9.17, 15) is 4.79 Å². The maximum Gasteiger partial charge on any atom is 0.410 e. The topological polar surface area (TPSA) is 74.3 Å². The van der Waals surface area contributed by atoms with Crippen molar-refractivity contribution in [3.8, 4) is 11.4 Å². The molecule has 0 aliphatic carbocycles. The lowest BCUT2D eigenvalue weighted by molar-refractivity contribution is 0.0137. The third-order valence-corrected chi connectivity index (χ3v) is 4.94. The number of nitrogens with one attached hydrogen (secondary N) is 1. The zero-order valence-electron chi connectivity index (χ0n) is 18.5. The van der Waals surface area contributed by atoms with E-state index in [1.807, 2.05) is 20.8 Å². The van der Waals surface area contributed by atoms with Crippen LogP contribution < -0.4 is 0 Å². The summed E-state index contributed by atoms with van der Waals surface area (Å²) in [4.78, 5) is 20.9. The van der Waals surface area contributed by atoms with Crippen LogP contribution in [0.4, 0.5) is 4.79 Å². The van der Waals surface area contributed by atoms with Crippen LogP contribution in [0.1, 0.15) is 52.9 Å². The van der Waals surface area contributed by atoms with Crippen LogP contribution in [0.25, 0.3) is 11.4 Å². The Morgan fingerprint density at radius 3 is 2.21 bits per heavy atom. The summed E-state index contributed by atoms with van der Waals surface area (Å²) in [6.45, 7) is 15.9. The van der Waals surface area contributed by atoms with E-state index in [2.05, 4.69) is 65.1 Å². The Bertz CT molecular complexity index is 822. The van der Waals surface area contributed by atoms with Crippen molar-refractivity contribution in [1.29, 1.82) is 0 Å². The number of piperazine rings is 1. The highest BCUT2D eigenvalue weighted by Crippen LogP contribution is 2.24.